The van der Waals surface area contributed by atoms with Crippen molar-refractivity contribution >= 4 is 22.5 Å². The maximum absolute atomic E-state index is 13.4. The molecule has 4 aromatic rings. The molecule has 2 aliphatic heterocycles. The fourth-order valence-corrected chi connectivity index (χ4v) is 5.36. The van der Waals surface area contributed by atoms with Gasteiger partial charge in [-0.05, 0) is 61.7 Å². The molecule has 2 fully saturated rings. The minimum Gasteiger partial charge on any atom is -0.404 e. The number of rotatable bonds is 6. The van der Waals surface area contributed by atoms with Gasteiger partial charge < -0.3 is 14.8 Å². The van der Waals surface area contributed by atoms with E-state index in [4.69, 9.17) is 4.74 Å². The highest BCUT2D eigenvalue weighted by atomic mass is 19.4. The van der Waals surface area contributed by atoms with Crippen LogP contribution in [0.2, 0.25) is 0 Å². The molecule has 2 aliphatic rings. The lowest BCUT2D eigenvalue weighted by molar-refractivity contribution is -0.274. The average molecular weight is 566 g/mol. The molecule has 2 saturated heterocycles. The van der Waals surface area contributed by atoms with Crippen molar-refractivity contribution < 1.29 is 27.4 Å². The Morgan fingerprint density at radius 2 is 1.88 bits per heavy atom. The van der Waals surface area contributed by atoms with Crippen molar-refractivity contribution in [2.24, 2.45) is 0 Å². The molecule has 0 radical (unpaired) electrons. The molecule has 9 nitrogen and oxygen atoms in total. The second-order valence-electron chi connectivity index (χ2n) is 10.2. The summed E-state index contributed by atoms with van der Waals surface area (Å²) in [4.78, 5) is 37.1. The largest absolute Gasteiger partial charge is 0.573 e. The first-order valence-corrected chi connectivity index (χ1v) is 13.2. The predicted molar refractivity (Wildman–Crippen MR) is 145 cm³/mol. The highest BCUT2D eigenvalue weighted by Crippen LogP contribution is 2.33. The predicted octanol–water partition coefficient (Wildman–Crippen LogP) is 4.54. The molecule has 1 amide bonds. The minimum absolute atomic E-state index is 0.0455. The topological polar surface area (TPSA) is 98.6 Å². The van der Waals surface area contributed by atoms with Crippen LogP contribution < -0.4 is 15.6 Å². The number of benzene rings is 2. The third-order valence-corrected chi connectivity index (χ3v) is 7.48. The van der Waals surface area contributed by atoms with Crippen molar-refractivity contribution in [1.82, 2.24) is 19.4 Å². The van der Waals surface area contributed by atoms with Crippen LogP contribution in [-0.2, 0) is 9.53 Å². The first kappa shape index (κ1) is 26.9. The monoisotopic (exact) mass is 565 g/mol. The molecular weight excluding hydrogens is 539 g/mol. The van der Waals surface area contributed by atoms with Crippen LogP contribution >= 0.6 is 0 Å². The van der Waals surface area contributed by atoms with Gasteiger partial charge in [-0.25, -0.2) is 4.98 Å². The number of pyridine rings is 1. The minimum atomic E-state index is -4.98. The Kier molecular flexibility index (Phi) is 6.96. The third-order valence-electron chi connectivity index (χ3n) is 7.48. The quantitative estimate of drug-likeness (QED) is 0.367. The Morgan fingerprint density at radius 1 is 1.10 bits per heavy atom. The number of carbonyl (C=O) groups excluding carboxylic acids is 1. The van der Waals surface area contributed by atoms with Crippen LogP contribution in [0.3, 0.4) is 0 Å². The van der Waals surface area contributed by atoms with E-state index in [1.807, 2.05) is 11.0 Å². The maximum atomic E-state index is 13.4. The van der Waals surface area contributed by atoms with E-state index < -0.39 is 29.6 Å². The number of likely N-dealkylation sites (tertiary alicyclic amines) is 1. The standard InChI is InChI=1S/C29H26F3N5O4/c1-17(36-14-21-6-7-22(15-36)40-21)27(38)35-25-12-20(5-9-26(25)41-29(30,31)32)37-16-34-24-11-18(4-8-23(24)28(37)39)19-3-2-10-33-13-19/h2-5,8-13,16-17,21-22H,6-7,14-15H2,1H3,(H,35,38). The summed E-state index contributed by atoms with van der Waals surface area (Å²) in [7, 11) is 0. The van der Waals surface area contributed by atoms with Gasteiger partial charge in [-0.1, -0.05) is 12.1 Å². The molecule has 41 heavy (non-hydrogen) atoms. The number of amides is 1. The zero-order valence-corrected chi connectivity index (χ0v) is 22.0. The van der Waals surface area contributed by atoms with Crippen molar-refractivity contribution in [2.75, 3.05) is 18.4 Å². The zero-order chi connectivity index (χ0) is 28.7. The Bertz CT molecular complexity index is 1650. The van der Waals surface area contributed by atoms with Gasteiger partial charge in [-0.3, -0.25) is 24.0 Å². The van der Waals surface area contributed by atoms with Gasteiger partial charge in [0.05, 0.1) is 40.5 Å². The smallest absolute Gasteiger partial charge is 0.404 e. The van der Waals surface area contributed by atoms with Gasteiger partial charge in [-0.15, -0.1) is 13.2 Å². The molecule has 3 unspecified atom stereocenters. The van der Waals surface area contributed by atoms with E-state index in [0.29, 0.717) is 24.0 Å². The molecule has 0 saturated carbocycles. The molecule has 12 heteroatoms. The van der Waals surface area contributed by atoms with E-state index in [2.05, 4.69) is 20.0 Å². The van der Waals surface area contributed by atoms with Crippen LogP contribution in [0.4, 0.5) is 18.9 Å². The number of alkyl halides is 3. The van der Waals surface area contributed by atoms with E-state index in [1.54, 1.807) is 43.6 Å². The Balaban J connectivity index is 1.31. The van der Waals surface area contributed by atoms with Gasteiger partial charge >= 0.3 is 6.36 Å². The molecule has 3 atom stereocenters. The zero-order valence-electron chi connectivity index (χ0n) is 22.0. The van der Waals surface area contributed by atoms with E-state index in [9.17, 15) is 22.8 Å². The van der Waals surface area contributed by atoms with Gasteiger partial charge in [0.15, 0.2) is 5.75 Å². The molecule has 4 heterocycles. The van der Waals surface area contributed by atoms with E-state index in [1.165, 1.54) is 23.0 Å². The SMILES string of the molecule is CC(C(=O)Nc1cc(-n2cnc3cc(-c4cccnc4)ccc3c2=O)ccc1OC(F)(F)F)N1CC2CCC(C1)O2. The summed E-state index contributed by atoms with van der Waals surface area (Å²) >= 11 is 0. The van der Waals surface area contributed by atoms with E-state index >= 15 is 0 Å². The third kappa shape index (κ3) is 5.66. The van der Waals surface area contributed by atoms with Crippen LogP contribution in [0.5, 0.6) is 5.75 Å². The van der Waals surface area contributed by atoms with Gasteiger partial charge in [0.25, 0.3) is 5.56 Å². The Labute approximate surface area is 232 Å². The lowest BCUT2D eigenvalue weighted by atomic mass is 10.1. The number of aromatic nitrogens is 3. The van der Waals surface area contributed by atoms with E-state index in [-0.39, 0.29) is 23.6 Å². The molecule has 2 aromatic carbocycles. The number of nitrogens with zero attached hydrogens (tertiary/aromatic N) is 4. The van der Waals surface area contributed by atoms with Crippen LogP contribution in [0.15, 0.2) is 72.0 Å². The lowest BCUT2D eigenvalue weighted by Crippen LogP contribution is -2.51. The summed E-state index contributed by atoms with van der Waals surface area (Å²) in [6, 6.07) is 11.9. The molecule has 2 bridgehead atoms. The van der Waals surface area contributed by atoms with Crippen molar-refractivity contribution in [3.63, 3.8) is 0 Å². The number of hydrogen-bond donors (Lipinski definition) is 1. The number of halogens is 3. The van der Waals surface area contributed by atoms with E-state index in [0.717, 1.165) is 30.0 Å². The highest BCUT2D eigenvalue weighted by Gasteiger charge is 2.38. The summed E-state index contributed by atoms with van der Waals surface area (Å²) in [5.74, 6) is -1.09. The van der Waals surface area contributed by atoms with Crippen LogP contribution in [0.1, 0.15) is 19.8 Å². The van der Waals surface area contributed by atoms with Crippen molar-refractivity contribution in [3.8, 4) is 22.6 Å². The summed E-state index contributed by atoms with van der Waals surface area (Å²) in [5.41, 5.74) is 1.71. The summed E-state index contributed by atoms with van der Waals surface area (Å²) in [5, 5.41) is 2.90. The molecule has 2 aromatic heterocycles. The van der Waals surface area contributed by atoms with Gasteiger partial charge in [-0.2, -0.15) is 0 Å². The van der Waals surface area contributed by atoms with Crippen LogP contribution in [-0.4, -0.2) is 63.0 Å². The van der Waals surface area contributed by atoms with Gasteiger partial charge in [0.1, 0.15) is 6.33 Å². The molecule has 1 N–H and O–H groups in total. The number of morpholine rings is 1. The summed E-state index contributed by atoms with van der Waals surface area (Å²) in [6.07, 6.45) is 1.61. The van der Waals surface area contributed by atoms with Crippen molar-refractivity contribution in [2.45, 2.75) is 44.4 Å². The van der Waals surface area contributed by atoms with Crippen molar-refractivity contribution in [3.05, 3.63) is 77.6 Å². The number of ether oxygens (including phenoxy) is 2. The molecule has 212 valence electrons. The number of nitrogens with one attached hydrogen (secondary N) is 1. The maximum Gasteiger partial charge on any atom is 0.573 e. The second-order valence-corrected chi connectivity index (χ2v) is 10.2. The first-order chi connectivity index (χ1) is 19.6. The number of carbonyl (C=O) groups is 1. The van der Waals surface area contributed by atoms with Crippen LogP contribution in [0, 0.1) is 0 Å². The Hall–Kier alpha value is -4.29. The van der Waals surface area contributed by atoms with Crippen molar-refractivity contribution in [1.29, 1.82) is 0 Å². The molecule has 0 aliphatic carbocycles. The molecule has 6 rings (SSSR count). The van der Waals surface area contributed by atoms with Crippen LogP contribution in [0.25, 0.3) is 27.7 Å². The average Bonchev–Trinajstić information content (AvgIpc) is 3.30. The molecular formula is C29H26F3N5O4. The lowest BCUT2D eigenvalue weighted by Gasteiger charge is -2.35. The molecule has 0 spiro atoms. The number of anilines is 1. The first-order valence-electron chi connectivity index (χ1n) is 13.2. The second kappa shape index (κ2) is 10.6. The Morgan fingerprint density at radius 3 is 2.59 bits per heavy atom. The fraction of sp³-hybridized carbons (Fsp3) is 0.310. The number of hydrogen-bond acceptors (Lipinski definition) is 7. The number of fused-ring (bicyclic) bond motifs is 3. The van der Waals surface area contributed by atoms with Gasteiger partial charge in [0, 0.05) is 31.0 Å². The fourth-order valence-electron chi connectivity index (χ4n) is 5.36. The summed E-state index contributed by atoms with van der Waals surface area (Å²) < 4.78 is 50.8. The normalized spacial score (nSPS) is 19.7. The highest BCUT2D eigenvalue weighted by molar-refractivity contribution is 5.96. The van der Waals surface area contributed by atoms with Gasteiger partial charge in [0.2, 0.25) is 5.91 Å². The summed E-state index contributed by atoms with van der Waals surface area (Å²) in [6.45, 7) is 2.83.